The van der Waals surface area contributed by atoms with E-state index in [0.717, 1.165) is 35.5 Å². The SMILES string of the molecule is Cc1nn(-c2ccccc2)c(C)c1CCC(=O)N1CCCC(C(N)=O)C1. The zero-order chi connectivity index (χ0) is 18.7. The first-order valence-corrected chi connectivity index (χ1v) is 9.15. The number of nitrogens with two attached hydrogens (primary N) is 1. The molecule has 2 aromatic rings. The Morgan fingerprint density at radius 1 is 1.23 bits per heavy atom. The van der Waals surface area contributed by atoms with Gasteiger partial charge in [-0.15, -0.1) is 0 Å². The minimum Gasteiger partial charge on any atom is -0.369 e. The predicted octanol–water partition coefficient (Wildman–Crippen LogP) is 2.15. The largest absolute Gasteiger partial charge is 0.369 e. The van der Waals surface area contributed by atoms with Crippen molar-refractivity contribution in [3.8, 4) is 5.69 Å². The third-order valence-corrected chi connectivity index (χ3v) is 5.21. The number of likely N-dealkylation sites (tertiary alicyclic amines) is 1. The molecule has 0 bridgehead atoms. The Morgan fingerprint density at radius 2 is 1.96 bits per heavy atom. The van der Waals surface area contributed by atoms with Crippen LogP contribution in [0.4, 0.5) is 0 Å². The molecule has 0 aliphatic carbocycles. The number of carbonyl (C=O) groups is 2. The summed E-state index contributed by atoms with van der Waals surface area (Å²) in [4.78, 5) is 25.8. The number of amides is 2. The zero-order valence-corrected chi connectivity index (χ0v) is 15.4. The third-order valence-electron chi connectivity index (χ3n) is 5.21. The molecule has 2 amide bonds. The lowest BCUT2D eigenvalue weighted by atomic mass is 9.97. The molecule has 26 heavy (non-hydrogen) atoms. The molecule has 1 unspecified atom stereocenters. The smallest absolute Gasteiger partial charge is 0.222 e. The average Bonchev–Trinajstić information content (AvgIpc) is 2.94. The number of hydrogen-bond acceptors (Lipinski definition) is 3. The third kappa shape index (κ3) is 3.79. The molecule has 138 valence electrons. The minimum atomic E-state index is -0.307. The molecule has 0 radical (unpaired) electrons. The summed E-state index contributed by atoms with van der Waals surface area (Å²) in [6.07, 6.45) is 2.69. The van der Waals surface area contributed by atoms with Gasteiger partial charge in [-0.05, 0) is 50.8 Å². The first-order valence-electron chi connectivity index (χ1n) is 9.15. The maximum absolute atomic E-state index is 12.6. The Labute approximate surface area is 154 Å². The molecule has 1 aliphatic rings. The zero-order valence-electron chi connectivity index (χ0n) is 15.4. The van der Waals surface area contributed by atoms with Crippen molar-refractivity contribution < 1.29 is 9.59 Å². The number of carbonyl (C=O) groups excluding carboxylic acids is 2. The Morgan fingerprint density at radius 3 is 2.65 bits per heavy atom. The van der Waals surface area contributed by atoms with Gasteiger partial charge in [0.1, 0.15) is 0 Å². The maximum atomic E-state index is 12.6. The van der Waals surface area contributed by atoms with Crippen molar-refractivity contribution in [1.82, 2.24) is 14.7 Å². The number of aryl methyl sites for hydroxylation is 1. The molecule has 3 rings (SSSR count). The number of rotatable bonds is 5. The van der Waals surface area contributed by atoms with E-state index < -0.39 is 0 Å². The van der Waals surface area contributed by atoms with Gasteiger partial charge in [-0.1, -0.05) is 18.2 Å². The van der Waals surface area contributed by atoms with Gasteiger partial charge < -0.3 is 10.6 Å². The van der Waals surface area contributed by atoms with Crippen molar-refractivity contribution in [3.63, 3.8) is 0 Å². The van der Waals surface area contributed by atoms with Gasteiger partial charge >= 0.3 is 0 Å². The molecule has 6 heteroatoms. The Kier molecular flexibility index (Phi) is 5.40. The fourth-order valence-electron chi connectivity index (χ4n) is 3.68. The summed E-state index contributed by atoms with van der Waals surface area (Å²) in [5, 5.41) is 4.64. The van der Waals surface area contributed by atoms with E-state index in [4.69, 9.17) is 5.73 Å². The van der Waals surface area contributed by atoms with Gasteiger partial charge in [-0.25, -0.2) is 4.68 Å². The first kappa shape index (κ1) is 18.2. The van der Waals surface area contributed by atoms with E-state index in [1.165, 1.54) is 0 Å². The first-order chi connectivity index (χ1) is 12.5. The normalized spacial score (nSPS) is 17.3. The Bertz CT molecular complexity index is 798. The maximum Gasteiger partial charge on any atom is 0.222 e. The molecule has 1 aliphatic heterocycles. The van der Waals surface area contributed by atoms with Crippen LogP contribution in [-0.4, -0.2) is 39.6 Å². The standard InChI is InChI=1S/C20H26N4O2/c1-14-18(15(2)24(22-14)17-8-4-3-5-9-17)10-11-19(25)23-12-6-7-16(13-23)20(21)26/h3-5,8-9,16H,6-7,10-13H2,1-2H3,(H2,21,26). The molecule has 1 aromatic carbocycles. The van der Waals surface area contributed by atoms with Crippen molar-refractivity contribution in [3.05, 3.63) is 47.3 Å². The molecule has 6 nitrogen and oxygen atoms in total. The van der Waals surface area contributed by atoms with Crippen molar-refractivity contribution in [1.29, 1.82) is 0 Å². The fourth-order valence-corrected chi connectivity index (χ4v) is 3.68. The van der Waals surface area contributed by atoms with Gasteiger partial charge in [0.15, 0.2) is 0 Å². The summed E-state index contributed by atoms with van der Waals surface area (Å²) in [6.45, 7) is 5.19. The van der Waals surface area contributed by atoms with Crippen molar-refractivity contribution in [2.45, 2.75) is 39.5 Å². The highest BCUT2D eigenvalue weighted by Gasteiger charge is 2.27. The van der Waals surface area contributed by atoms with E-state index in [9.17, 15) is 9.59 Å². The number of primary amides is 1. The van der Waals surface area contributed by atoms with Crippen LogP contribution in [-0.2, 0) is 16.0 Å². The van der Waals surface area contributed by atoms with Crippen LogP contribution in [0.15, 0.2) is 30.3 Å². The number of para-hydroxylation sites is 1. The number of piperidine rings is 1. The van der Waals surface area contributed by atoms with E-state index >= 15 is 0 Å². The monoisotopic (exact) mass is 354 g/mol. The van der Waals surface area contributed by atoms with Gasteiger partial charge in [0, 0.05) is 25.2 Å². The quantitative estimate of drug-likeness (QED) is 0.893. The molecule has 2 heterocycles. The number of aromatic nitrogens is 2. The summed E-state index contributed by atoms with van der Waals surface area (Å²) in [7, 11) is 0. The molecule has 2 N–H and O–H groups in total. The summed E-state index contributed by atoms with van der Waals surface area (Å²) >= 11 is 0. The van der Waals surface area contributed by atoms with Crippen LogP contribution in [0.1, 0.15) is 36.2 Å². The highest BCUT2D eigenvalue weighted by Crippen LogP contribution is 2.21. The lowest BCUT2D eigenvalue weighted by Crippen LogP contribution is -2.44. The van der Waals surface area contributed by atoms with E-state index in [1.807, 2.05) is 48.9 Å². The minimum absolute atomic E-state index is 0.0854. The Hall–Kier alpha value is -2.63. The van der Waals surface area contributed by atoms with Gasteiger partial charge in [-0.2, -0.15) is 5.10 Å². The summed E-state index contributed by atoms with van der Waals surface area (Å²) < 4.78 is 1.93. The van der Waals surface area contributed by atoms with Crippen LogP contribution in [0.5, 0.6) is 0 Å². The summed E-state index contributed by atoms with van der Waals surface area (Å²) in [5.41, 5.74) is 9.56. The van der Waals surface area contributed by atoms with Gasteiger partial charge in [0.05, 0.1) is 17.3 Å². The van der Waals surface area contributed by atoms with E-state index in [-0.39, 0.29) is 17.7 Å². The van der Waals surface area contributed by atoms with Crippen LogP contribution in [0.25, 0.3) is 5.69 Å². The molecule has 1 fully saturated rings. The van der Waals surface area contributed by atoms with Crippen LogP contribution in [0.3, 0.4) is 0 Å². The number of benzene rings is 1. The van der Waals surface area contributed by atoms with Crippen LogP contribution in [0.2, 0.25) is 0 Å². The highest BCUT2D eigenvalue weighted by atomic mass is 16.2. The topological polar surface area (TPSA) is 81.2 Å². The summed E-state index contributed by atoms with van der Waals surface area (Å²) in [6, 6.07) is 9.99. The molecule has 1 aromatic heterocycles. The van der Waals surface area contributed by atoms with Crippen molar-refractivity contribution >= 4 is 11.8 Å². The van der Waals surface area contributed by atoms with E-state index in [0.29, 0.717) is 25.9 Å². The van der Waals surface area contributed by atoms with Gasteiger partial charge in [-0.3, -0.25) is 9.59 Å². The lowest BCUT2D eigenvalue weighted by Gasteiger charge is -2.31. The van der Waals surface area contributed by atoms with Crippen LogP contribution >= 0.6 is 0 Å². The highest BCUT2D eigenvalue weighted by molar-refractivity contribution is 5.80. The summed E-state index contributed by atoms with van der Waals surface area (Å²) in [5.74, 6) is -0.433. The molecular formula is C20H26N4O2. The average molecular weight is 354 g/mol. The van der Waals surface area contributed by atoms with E-state index in [2.05, 4.69) is 5.10 Å². The van der Waals surface area contributed by atoms with Crippen LogP contribution in [0, 0.1) is 19.8 Å². The number of hydrogen-bond donors (Lipinski definition) is 1. The Balaban J connectivity index is 1.67. The van der Waals surface area contributed by atoms with Crippen LogP contribution < -0.4 is 5.73 Å². The molecule has 0 saturated carbocycles. The fraction of sp³-hybridized carbons (Fsp3) is 0.450. The molecule has 1 saturated heterocycles. The van der Waals surface area contributed by atoms with Gasteiger partial charge in [0.2, 0.25) is 11.8 Å². The van der Waals surface area contributed by atoms with Gasteiger partial charge in [0.25, 0.3) is 0 Å². The second kappa shape index (κ2) is 7.72. The lowest BCUT2D eigenvalue weighted by molar-refractivity contribution is -0.134. The predicted molar refractivity (Wildman–Crippen MR) is 99.9 cm³/mol. The second-order valence-corrected chi connectivity index (χ2v) is 6.98. The molecule has 0 spiro atoms. The molecule has 1 atom stereocenters. The van der Waals surface area contributed by atoms with Crippen molar-refractivity contribution in [2.75, 3.05) is 13.1 Å². The second-order valence-electron chi connectivity index (χ2n) is 6.98. The van der Waals surface area contributed by atoms with E-state index in [1.54, 1.807) is 4.90 Å². The number of nitrogens with zero attached hydrogens (tertiary/aromatic N) is 3. The van der Waals surface area contributed by atoms with Crippen molar-refractivity contribution in [2.24, 2.45) is 11.7 Å². The molecular weight excluding hydrogens is 328 g/mol.